The Kier molecular flexibility index (Phi) is 6.40. The Hall–Kier alpha value is -3.49. The molecule has 0 saturated heterocycles. The van der Waals surface area contributed by atoms with Crippen molar-refractivity contribution in [3.8, 4) is 0 Å². The quantitative estimate of drug-likeness (QED) is 0.481. The van der Waals surface area contributed by atoms with Crippen molar-refractivity contribution in [2.75, 3.05) is 18.1 Å². The van der Waals surface area contributed by atoms with Crippen LogP contribution in [0.4, 0.5) is 5.69 Å². The Bertz CT molecular complexity index is 1620. The van der Waals surface area contributed by atoms with E-state index in [9.17, 15) is 14.4 Å². The monoisotopic (exact) mass is 521 g/mol. The van der Waals surface area contributed by atoms with E-state index in [0.29, 0.717) is 37.7 Å². The number of rotatable bonds is 5. The van der Waals surface area contributed by atoms with Crippen molar-refractivity contribution in [1.82, 2.24) is 4.57 Å². The van der Waals surface area contributed by atoms with Crippen molar-refractivity contribution >= 4 is 46.1 Å². The molecule has 3 aromatic rings. The molecule has 0 radical (unpaired) electrons. The van der Waals surface area contributed by atoms with Crippen molar-refractivity contribution < 1.29 is 14.3 Å². The largest absolute Gasteiger partial charge is 0.463 e. The average molecular weight is 522 g/mol. The van der Waals surface area contributed by atoms with Gasteiger partial charge in [-0.1, -0.05) is 66.3 Å². The highest BCUT2D eigenvalue weighted by Gasteiger charge is 2.37. The van der Waals surface area contributed by atoms with Gasteiger partial charge < -0.3 is 9.64 Å². The molecule has 5 rings (SSSR count). The normalized spacial score (nSPS) is 18.2. The number of allylic oxidation sites excluding steroid dienone is 1. The number of carbonyl (C=O) groups is 2. The molecule has 0 aliphatic carbocycles. The summed E-state index contributed by atoms with van der Waals surface area (Å²) < 4.78 is 7.09. The van der Waals surface area contributed by atoms with E-state index in [1.54, 1.807) is 43.0 Å². The van der Waals surface area contributed by atoms with Gasteiger partial charge in [-0.2, -0.15) is 0 Å². The summed E-state index contributed by atoms with van der Waals surface area (Å²) in [5.41, 5.74) is 2.75. The molecule has 1 unspecified atom stereocenters. The highest BCUT2D eigenvalue weighted by atomic mass is 35.5. The number of thiazole rings is 1. The number of benzene rings is 2. The lowest BCUT2D eigenvalue weighted by atomic mass is 9.96. The molecule has 1 amide bonds. The molecular formula is C27H24ClN3O4S. The Labute approximate surface area is 216 Å². The highest BCUT2D eigenvalue weighted by Crippen LogP contribution is 2.36. The fraction of sp³-hybridized carbons (Fsp3) is 0.259. The van der Waals surface area contributed by atoms with E-state index in [-0.39, 0.29) is 18.1 Å². The highest BCUT2D eigenvalue weighted by molar-refractivity contribution is 7.07. The van der Waals surface area contributed by atoms with Crippen LogP contribution in [0.5, 0.6) is 0 Å². The second kappa shape index (κ2) is 9.52. The van der Waals surface area contributed by atoms with Crippen molar-refractivity contribution in [2.24, 2.45) is 4.99 Å². The van der Waals surface area contributed by atoms with Crippen LogP contribution in [-0.4, -0.2) is 29.6 Å². The third kappa shape index (κ3) is 3.72. The summed E-state index contributed by atoms with van der Waals surface area (Å²) in [5, 5.41) is 0.411. The number of carbonyl (C=O) groups excluding carboxylic acids is 2. The number of hydrogen-bond donors (Lipinski definition) is 0. The molecule has 0 fully saturated rings. The smallest absolute Gasteiger partial charge is 0.338 e. The maximum atomic E-state index is 14.1. The van der Waals surface area contributed by atoms with Crippen LogP contribution in [0.25, 0.3) is 5.57 Å². The predicted molar refractivity (Wildman–Crippen MR) is 140 cm³/mol. The van der Waals surface area contributed by atoms with Gasteiger partial charge in [0.25, 0.3) is 11.5 Å². The van der Waals surface area contributed by atoms with Crippen LogP contribution in [0.2, 0.25) is 5.02 Å². The van der Waals surface area contributed by atoms with E-state index >= 15 is 0 Å². The molecule has 3 heterocycles. The van der Waals surface area contributed by atoms with Crippen LogP contribution < -0.4 is 19.8 Å². The molecule has 1 atom stereocenters. The van der Waals surface area contributed by atoms with Gasteiger partial charge in [-0.3, -0.25) is 14.2 Å². The SMILES string of the molecule is CCCN1C(=O)/C(=c2\sc3n(c2=O)C(c2ccccc2Cl)C(C(=O)OCC)=C(C)N=3)c2ccccc21. The van der Waals surface area contributed by atoms with Gasteiger partial charge in [0.1, 0.15) is 10.6 Å². The number of hydrogen-bond acceptors (Lipinski definition) is 6. The van der Waals surface area contributed by atoms with Crippen LogP contribution in [0, 0.1) is 0 Å². The topological polar surface area (TPSA) is 81.0 Å². The molecule has 2 aliphatic heterocycles. The molecule has 0 N–H and O–H groups in total. The van der Waals surface area contributed by atoms with E-state index < -0.39 is 17.6 Å². The average Bonchev–Trinajstić information content (AvgIpc) is 3.32. The van der Waals surface area contributed by atoms with Gasteiger partial charge in [0.15, 0.2) is 4.80 Å². The molecule has 7 nitrogen and oxygen atoms in total. The molecule has 0 spiro atoms. The van der Waals surface area contributed by atoms with E-state index in [1.165, 1.54) is 4.57 Å². The Morgan fingerprint density at radius 2 is 1.83 bits per heavy atom. The van der Waals surface area contributed by atoms with Gasteiger partial charge in [0, 0.05) is 17.1 Å². The van der Waals surface area contributed by atoms with Gasteiger partial charge in [0.05, 0.1) is 29.1 Å². The van der Waals surface area contributed by atoms with Crippen LogP contribution in [-0.2, 0) is 14.3 Å². The first-order chi connectivity index (χ1) is 17.4. The lowest BCUT2D eigenvalue weighted by Gasteiger charge is -2.25. The summed E-state index contributed by atoms with van der Waals surface area (Å²) in [5.74, 6) is -0.767. The second-order valence-electron chi connectivity index (χ2n) is 8.49. The van der Waals surface area contributed by atoms with Crippen molar-refractivity contribution in [1.29, 1.82) is 0 Å². The zero-order valence-electron chi connectivity index (χ0n) is 20.1. The number of para-hydroxylation sites is 1. The van der Waals surface area contributed by atoms with Gasteiger partial charge in [0.2, 0.25) is 0 Å². The molecule has 0 bridgehead atoms. The third-order valence-corrected chi connectivity index (χ3v) is 7.69. The zero-order chi connectivity index (χ0) is 25.6. The van der Waals surface area contributed by atoms with E-state index in [2.05, 4.69) is 4.99 Å². The predicted octanol–water partition coefficient (Wildman–Crippen LogP) is 3.58. The molecule has 9 heteroatoms. The molecule has 1 aromatic heterocycles. The molecule has 2 aliphatic rings. The van der Waals surface area contributed by atoms with Crippen molar-refractivity contribution in [3.63, 3.8) is 0 Å². The summed E-state index contributed by atoms with van der Waals surface area (Å²) in [6.07, 6.45) is 0.781. The number of halogens is 1. The number of amides is 1. The number of ether oxygens (including phenoxy) is 1. The number of nitrogens with zero attached hydrogens (tertiary/aromatic N) is 3. The van der Waals surface area contributed by atoms with Crippen LogP contribution in [0.15, 0.2) is 69.6 Å². The fourth-order valence-electron chi connectivity index (χ4n) is 4.78. The first-order valence-corrected chi connectivity index (χ1v) is 13.0. The van der Waals surface area contributed by atoms with Crippen molar-refractivity contribution in [2.45, 2.75) is 33.2 Å². The molecule has 2 aromatic carbocycles. The van der Waals surface area contributed by atoms with Crippen LogP contribution in [0.3, 0.4) is 0 Å². The Morgan fingerprint density at radius 1 is 1.11 bits per heavy atom. The van der Waals surface area contributed by atoms with Crippen LogP contribution >= 0.6 is 22.9 Å². The minimum absolute atomic E-state index is 0.179. The maximum Gasteiger partial charge on any atom is 0.338 e. The summed E-state index contributed by atoms with van der Waals surface area (Å²) in [6, 6.07) is 13.7. The standard InChI is InChI=1S/C27H24ClN3O4S/c1-4-14-30-19-13-9-7-11-17(19)21(24(30)32)23-25(33)31-22(16-10-6-8-12-18(16)28)20(26(34)35-5-2)15(3)29-27(31)36-23/h6-13,22H,4-5,14H2,1-3H3/b23-21-. The van der Waals surface area contributed by atoms with Gasteiger partial charge in [-0.05, 0) is 38.0 Å². The Morgan fingerprint density at radius 3 is 2.56 bits per heavy atom. The maximum absolute atomic E-state index is 14.1. The number of esters is 1. The fourth-order valence-corrected chi connectivity index (χ4v) is 6.15. The first-order valence-electron chi connectivity index (χ1n) is 11.8. The molecule has 0 saturated carbocycles. The summed E-state index contributed by atoms with van der Waals surface area (Å²) in [6.45, 7) is 6.17. The Balaban J connectivity index is 1.83. The van der Waals surface area contributed by atoms with Crippen LogP contribution in [0.1, 0.15) is 44.4 Å². The van der Waals surface area contributed by atoms with Gasteiger partial charge in [-0.25, -0.2) is 9.79 Å². The van der Waals surface area contributed by atoms with E-state index in [1.807, 2.05) is 31.2 Å². The molecular weight excluding hydrogens is 498 g/mol. The number of aromatic nitrogens is 1. The lowest BCUT2D eigenvalue weighted by Crippen LogP contribution is -2.41. The number of fused-ring (bicyclic) bond motifs is 2. The minimum atomic E-state index is -0.832. The summed E-state index contributed by atoms with van der Waals surface area (Å²) in [4.78, 5) is 47.4. The third-order valence-electron chi connectivity index (χ3n) is 6.29. The van der Waals surface area contributed by atoms with E-state index in [4.69, 9.17) is 16.3 Å². The number of anilines is 1. The lowest BCUT2D eigenvalue weighted by molar-refractivity contribution is -0.139. The summed E-state index contributed by atoms with van der Waals surface area (Å²) in [7, 11) is 0. The first kappa shape index (κ1) is 24.2. The van der Waals surface area contributed by atoms with Gasteiger partial charge >= 0.3 is 5.97 Å². The van der Waals surface area contributed by atoms with Crippen molar-refractivity contribution in [3.05, 3.63) is 95.6 Å². The summed E-state index contributed by atoms with van der Waals surface area (Å²) >= 11 is 7.72. The molecule has 184 valence electrons. The molecule has 36 heavy (non-hydrogen) atoms. The van der Waals surface area contributed by atoms with E-state index in [0.717, 1.165) is 29.0 Å². The van der Waals surface area contributed by atoms with Gasteiger partial charge in [-0.15, -0.1) is 0 Å². The minimum Gasteiger partial charge on any atom is -0.463 e. The zero-order valence-corrected chi connectivity index (χ0v) is 21.7. The second-order valence-corrected chi connectivity index (χ2v) is 9.88.